The van der Waals surface area contributed by atoms with E-state index in [9.17, 15) is 4.79 Å². The Morgan fingerprint density at radius 3 is 2.35 bits per heavy atom. The maximum Gasteiger partial charge on any atom is 0.187 e. The normalized spacial score (nSPS) is 11.0. The lowest BCUT2D eigenvalue weighted by Crippen LogP contribution is -2.03. The molecule has 0 fully saturated rings. The number of carbonyl (C=O) groups excluding carboxylic acids is 1. The first-order valence-corrected chi connectivity index (χ1v) is 7.32. The number of anilines is 1. The number of nitrogens with one attached hydrogen (secondary N) is 1. The van der Waals surface area contributed by atoms with Gasteiger partial charge in [0.1, 0.15) is 11.5 Å². The van der Waals surface area contributed by atoms with Crippen LogP contribution in [0, 0.1) is 6.92 Å². The molecule has 0 heterocycles. The van der Waals surface area contributed by atoms with Gasteiger partial charge in [0.15, 0.2) is 5.78 Å². The number of ketones is 1. The van der Waals surface area contributed by atoms with Gasteiger partial charge in [-0.2, -0.15) is 0 Å². The molecule has 2 rings (SSSR count). The van der Waals surface area contributed by atoms with Crippen LogP contribution >= 0.6 is 0 Å². The molecule has 120 valence electrons. The Hall–Kier alpha value is -2.75. The summed E-state index contributed by atoms with van der Waals surface area (Å²) < 4.78 is 10.5. The summed E-state index contributed by atoms with van der Waals surface area (Å²) in [5.74, 6) is 1.33. The maximum atomic E-state index is 12.2. The number of aryl methyl sites for hydroxylation is 1. The average Bonchev–Trinajstić information content (AvgIpc) is 2.55. The average molecular weight is 311 g/mol. The Labute approximate surface area is 136 Å². The smallest absolute Gasteiger partial charge is 0.187 e. The molecule has 0 aliphatic rings. The summed E-state index contributed by atoms with van der Waals surface area (Å²) in [6, 6.07) is 13.0. The first-order chi connectivity index (χ1) is 11.0. The minimum atomic E-state index is -0.0394. The fourth-order valence-corrected chi connectivity index (χ4v) is 2.15. The first kappa shape index (κ1) is 16.6. The Balaban J connectivity index is 2.16. The Kier molecular flexibility index (Phi) is 5.41. The van der Waals surface area contributed by atoms with Crippen molar-refractivity contribution < 1.29 is 14.3 Å². The second kappa shape index (κ2) is 7.49. The van der Waals surface area contributed by atoms with Gasteiger partial charge >= 0.3 is 0 Å². The van der Waals surface area contributed by atoms with Crippen molar-refractivity contribution in [2.24, 2.45) is 0 Å². The number of hydrogen-bond acceptors (Lipinski definition) is 4. The molecule has 0 spiro atoms. The lowest BCUT2D eigenvalue weighted by Gasteiger charge is -2.12. The Bertz CT molecular complexity index is 718. The van der Waals surface area contributed by atoms with Crippen LogP contribution in [0.25, 0.3) is 0 Å². The van der Waals surface area contributed by atoms with Crippen molar-refractivity contribution in [3.8, 4) is 11.5 Å². The van der Waals surface area contributed by atoms with Crippen molar-refractivity contribution in [2.75, 3.05) is 19.5 Å². The molecule has 0 aliphatic heterocycles. The monoisotopic (exact) mass is 311 g/mol. The third-order valence-corrected chi connectivity index (χ3v) is 3.42. The van der Waals surface area contributed by atoms with Crippen LogP contribution in [0.15, 0.2) is 54.2 Å². The zero-order valence-corrected chi connectivity index (χ0v) is 13.8. The third-order valence-electron chi connectivity index (χ3n) is 3.42. The molecule has 0 saturated carbocycles. The van der Waals surface area contributed by atoms with Gasteiger partial charge in [0.25, 0.3) is 0 Å². The van der Waals surface area contributed by atoms with Crippen LogP contribution in [0.3, 0.4) is 0 Å². The first-order valence-electron chi connectivity index (χ1n) is 7.32. The Morgan fingerprint density at radius 2 is 1.74 bits per heavy atom. The van der Waals surface area contributed by atoms with E-state index >= 15 is 0 Å². The van der Waals surface area contributed by atoms with Crippen LogP contribution in [0.4, 0.5) is 5.69 Å². The van der Waals surface area contributed by atoms with Gasteiger partial charge < -0.3 is 14.8 Å². The quantitative estimate of drug-likeness (QED) is 0.641. The van der Waals surface area contributed by atoms with Crippen molar-refractivity contribution in [2.45, 2.75) is 13.8 Å². The van der Waals surface area contributed by atoms with E-state index in [2.05, 4.69) is 5.32 Å². The molecule has 0 unspecified atom stereocenters. The molecule has 4 nitrogen and oxygen atoms in total. The standard InChI is InChI=1S/C19H21NO3/c1-13-5-7-15(8-6-13)18(21)11-14(2)20-17-10-9-16(22-3)12-19(17)23-4/h5-12,20H,1-4H3/b14-11+. The van der Waals surface area contributed by atoms with E-state index in [4.69, 9.17) is 9.47 Å². The topological polar surface area (TPSA) is 47.6 Å². The number of methoxy groups -OCH3 is 2. The summed E-state index contributed by atoms with van der Waals surface area (Å²) in [7, 11) is 3.20. The highest BCUT2D eigenvalue weighted by Crippen LogP contribution is 2.29. The molecule has 0 saturated heterocycles. The number of ether oxygens (including phenoxy) is 2. The molecule has 1 N–H and O–H groups in total. The highest BCUT2D eigenvalue weighted by atomic mass is 16.5. The molecular weight excluding hydrogens is 290 g/mol. The molecule has 0 atom stereocenters. The van der Waals surface area contributed by atoms with Gasteiger partial charge in [0, 0.05) is 23.4 Å². The number of benzene rings is 2. The Morgan fingerprint density at radius 1 is 1.04 bits per heavy atom. The van der Waals surface area contributed by atoms with Crippen molar-refractivity contribution in [1.29, 1.82) is 0 Å². The second-order valence-electron chi connectivity index (χ2n) is 5.25. The van der Waals surface area contributed by atoms with Gasteiger partial charge in [-0.3, -0.25) is 4.79 Å². The molecule has 0 bridgehead atoms. The fraction of sp³-hybridized carbons (Fsp3) is 0.211. The van der Waals surface area contributed by atoms with Gasteiger partial charge in [-0.15, -0.1) is 0 Å². The third kappa shape index (κ3) is 4.36. The predicted octanol–water partition coefficient (Wildman–Crippen LogP) is 4.21. The van der Waals surface area contributed by atoms with Crippen LogP contribution in [-0.4, -0.2) is 20.0 Å². The highest BCUT2D eigenvalue weighted by Gasteiger charge is 2.07. The molecule has 2 aromatic rings. The zero-order valence-electron chi connectivity index (χ0n) is 13.8. The van der Waals surface area contributed by atoms with Crippen molar-refractivity contribution in [1.82, 2.24) is 0 Å². The molecule has 0 radical (unpaired) electrons. The van der Waals surface area contributed by atoms with Crippen LogP contribution in [0.5, 0.6) is 11.5 Å². The molecule has 2 aromatic carbocycles. The van der Waals surface area contributed by atoms with E-state index in [1.165, 1.54) is 0 Å². The maximum absolute atomic E-state index is 12.2. The molecule has 0 aromatic heterocycles. The van der Waals surface area contributed by atoms with Gasteiger partial charge in [-0.1, -0.05) is 29.8 Å². The van der Waals surface area contributed by atoms with E-state index in [1.807, 2.05) is 50.2 Å². The summed E-state index contributed by atoms with van der Waals surface area (Å²) in [6.45, 7) is 3.84. The van der Waals surface area contributed by atoms with Crippen LogP contribution < -0.4 is 14.8 Å². The largest absolute Gasteiger partial charge is 0.497 e. The summed E-state index contributed by atoms with van der Waals surface area (Å²) in [4.78, 5) is 12.2. The minimum absolute atomic E-state index is 0.0394. The van der Waals surface area contributed by atoms with Crippen molar-refractivity contribution in [3.05, 3.63) is 65.4 Å². The molecule has 0 aliphatic carbocycles. The van der Waals surface area contributed by atoms with E-state index in [0.29, 0.717) is 17.1 Å². The number of allylic oxidation sites excluding steroid dienone is 2. The van der Waals surface area contributed by atoms with Crippen LogP contribution in [0.1, 0.15) is 22.8 Å². The molecule has 4 heteroatoms. The van der Waals surface area contributed by atoms with Gasteiger partial charge in [-0.25, -0.2) is 0 Å². The van der Waals surface area contributed by atoms with Crippen LogP contribution in [-0.2, 0) is 0 Å². The molecule has 0 amide bonds. The summed E-state index contributed by atoms with van der Waals surface area (Å²) in [5, 5.41) is 3.18. The lowest BCUT2D eigenvalue weighted by atomic mass is 10.1. The summed E-state index contributed by atoms with van der Waals surface area (Å²) in [6.07, 6.45) is 1.58. The molecule has 23 heavy (non-hydrogen) atoms. The lowest BCUT2D eigenvalue weighted by molar-refractivity contribution is 0.104. The van der Waals surface area contributed by atoms with E-state index in [-0.39, 0.29) is 5.78 Å². The minimum Gasteiger partial charge on any atom is -0.497 e. The molecular formula is C19H21NO3. The number of rotatable bonds is 6. The van der Waals surface area contributed by atoms with Crippen molar-refractivity contribution in [3.63, 3.8) is 0 Å². The highest BCUT2D eigenvalue weighted by molar-refractivity contribution is 6.05. The van der Waals surface area contributed by atoms with Gasteiger partial charge in [0.2, 0.25) is 0 Å². The van der Waals surface area contributed by atoms with E-state index < -0.39 is 0 Å². The second-order valence-corrected chi connectivity index (χ2v) is 5.25. The van der Waals surface area contributed by atoms with Crippen LogP contribution in [0.2, 0.25) is 0 Å². The predicted molar refractivity (Wildman–Crippen MR) is 92.4 cm³/mol. The number of hydrogen-bond donors (Lipinski definition) is 1. The summed E-state index contributed by atoms with van der Waals surface area (Å²) >= 11 is 0. The van der Waals surface area contributed by atoms with E-state index in [1.54, 1.807) is 26.4 Å². The summed E-state index contributed by atoms with van der Waals surface area (Å²) in [5.41, 5.74) is 3.31. The van der Waals surface area contributed by atoms with Crippen molar-refractivity contribution >= 4 is 11.5 Å². The van der Waals surface area contributed by atoms with E-state index in [0.717, 1.165) is 16.9 Å². The van der Waals surface area contributed by atoms with Gasteiger partial charge in [-0.05, 0) is 26.0 Å². The number of carbonyl (C=O) groups is 1. The van der Waals surface area contributed by atoms with Gasteiger partial charge in [0.05, 0.1) is 19.9 Å². The zero-order chi connectivity index (χ0) is 16.8. The SMILES string of the molecule is COc1ccc(N/C(C)=C/C(=O)c2ccc(C)cc2)c(OC)c1. The fourth-order valence-electron chi connectivity index (χ4n) is 2.15.